The zero-order chi connectivity index (χ0) is 15.1. The van der Waals surface area contributed by atoms with Crippen LogP contribution in [0.1, 0.15) is 19.3 Å². The molecule has 5 nitrogen and oxygen atoms in total. The number of hydrogen-bond donors (Lipinski definition) is 1. The number of carboxylic acid groups (broad SMARTS) is 1. The maximum Gasteiger partial charge on any atom is 0.303 e. The normalized spacial score (nSPS) is 19.2. The number of rotatable bonds is 7. The van der Waals surface area contributed by atoms with Gasteiger partial charge in [-0.25, -0.2) is 0 Å². The largest absolute Gasteiger partial charge is 0.497 e. The van der Waals surface area contributed by atoms with Gasteiger partial charge in [0.25, 0.3) is 0 Å². The Hall–Kier alpha value is -1.75. The molecule has 0 spiro atoms. The highest BCUT2D eigenvalue weighted by Gasteiger charge is 2.21. The third-order valence-electron chi connectivity index (χ3n) is 3.80. The second kappa shape index (κ2) is 7.88. The van der Waals surface area contributed by atoms with Crippen LogP contribution in [0.4, 0.5) is 0 Å². The highest BCUT2D eigenvalue weighted by atomic mass is 16.5. The quantitative estimate of drug-likeness (QED) is 0.835. The topological polar surface area (TPSA) is 59.0 Å². The van der Waals surface area contributed by atoms with Gasteiger partial charge in [-0.2, -0.15) is 0 Å². The molecule has 1 aliphatic rings. The lowest BCUT2D eigenvalue weighted by Crippen LogP contribution is -2.38. The summed E-state index contributed by atoms with van der Waals surface area (Å²) in [7, 11) is 1.64. The summed E-state index contributed by atoms with van der Waals surface area (Å²) in [6.07, 6.45) is 2.36. The van der Waals surface area contributed by atoms with Gasteiger partial charge in [0.15, 0.2) is 0 Å². The van der Waals surface area contributed by atoms with E-state index >= 15 is 0 Å². The van der Waals surface area contributed by atoms with Crippen LogP contribution in [0.3, 0.4) is 0 Å². The summed E-state index contributed by atoms with van der Waals surface area (Å²) in [5.41, 5.74) is 0. The van der Waals surface area contributed by atoms with Crippen molar-refractivity contribution in [1.29, 1.82) is 0 Å². The molecule has 0 saturated carbocycles. The molecule has 1 aromatic carbocycles. The maximum absolute atomic E-state index is 10.8. The van der Waals surface area contributed by atoms with E-state index in [1.165, 1.54) is 0 Å². The minimum Gasteiger partial charge on any atom is -0.497 e. The molecule has 1 saturated heterocycles. The van der Waals surface area contributed by atoms with Crippen LogP contribution in [0.15, 0.2) is 24.3 Å². The van der Waals surface area contributed by atoms with Crippen molar-refractivity contribution >= 4 is 5.97 Å². The van der Waals surface area contributed by atoms with E-state index in [9.17, 15) is 4.79 Å². The van der Waals surface area contributed by atoms with Crippen molar-refractivity contribution in [2.75, 3.05) is 33.4 Å². The Balaban J connectivity index is 1.71. The number of hydrogen-bond acceptors (Lipinski definition) is 4. The zero-order valence-electron chi connectivity index (χ0n) is 12.5. The molecule has 0 radical (unpaired) electrons. The van der Waals surface area contributed by atoms with Gasteiger partial charge in [0.05, 0.1) is 7.11 Å². The minimum atomic E-state index is -0.698. The smallest absolute Gasteiger partial charge is 0.303 e. The Labute approximate surface area is 125 Å². The van der Waals surface area contributed by atoms with E-state index in [1.807, 2.05) is 24.3 Å². The fourth-order valence-electron chi connectivity index (χ4n) is 2.73. The van der Waals surface area contributed by atoms with Gasteiger partial charge in [0.2, 0.25) is 0 Å². The molecule has 0 aliphatic carbocycles. The highest BCUT2D eigenvalue weighted by molar-refractivity contribution is 5.67. The number of nitrogens with zero attached hydrogens (tertiary/aromatic N) is 1. The summed E-state index contributed by atoms with van der Waals surface area (Å²) in [6, 6.07) is 7.53. The lowest BCUT2D eigenvalue weighted by molar-refractivity contribution is -0.138. The first-order chi connectivity index (χ1) is 10.2. The van der Waals surface area contributed by atoms with E-state index in [4.69, 9.17) is 14.6 Å². The molecule has 1 aliphatic heterocycles. The van der Waals surface area contributed by atoms with Crippen LogP contribution in [0.2, 0.25) is 0 Å². The predicted octanol–water partition coefficient (Wildman–Crippen LogP) is 2.26. The van der Waals surface area contributed by atoms with Crippen molar-refractivity contribution in [2.45, 2.75) is 19.3 Å². The first-order valence-electron chi connectivity index (χ1n) is 7.38. The van der Waals surface area contributed by atoms with Crippen LogP contribution in [0.5, 0.6) is 11.5 Å². The first kappa shape index (κ1) is 15.6. The lowest BCUT2D eigenvalue weighted by atomic mass is 9.95. The Kier molecular flexibility index (Phi) is 5.87. The molecule has 1 atom stereocenters. The van der Waals surface area contributed by atoms with Gasteiger partial charge >= 0.3 is 5.97 Å². The van der Waals surface area contributed by atoms with Gasteiger partial charge < -0.3 is 14.6 Å². The first-order valence-corrected chi connectivity index (χ1v) is 7.38. The molecule has 0 amide bonds. The molecule has 2 rings (SSSR count). The Morgan fingerprint density at radius 3 is 2.71 bits per heavy atom. The monoisotopic (exact) mass is 293 g/mol. The number of methoxy groups -OCH3 is 1. The van der Waals surface area contributed by atoms with Crippen LogP contribution in [0, 0.1) is 5.92 Å². The second-order valence-electron chi connectivity index (χ2n) is 5.43. The molecule has 1 heterocycles. The Bertz CT molecular complexity index is 446. The summed E-state index contributed by atoms with van der Waals surface area (Å²) >= 11 is 0. The average molecular weight is 293 g/mol. The number of benzene rings is 1. The van der Waals surface area contributed by atoms with Crippen molar-refractivity contribution in [2.24, 2.45) is 5.92 Å². The van der Waals surface area contributed by atoms with Crippen molar-refractivity contribution in [1.82, 2.24) is 4.90 Å². The third kappa shape index (κ3) is 5.27. The molecule has 1 fully saturated rings. The van der Waals surface area contributed by atoms with Crippen LogP contribution in [0.25, 0.3) is 0 Å². The SMILES string of the molecule is COc1ccc(OCCN2CCCC(CC(=O)O)C2)cc1. The van der Waals surface area contributed by atoms with Crippen LogP contribution in [-0.2, 0) is 4.79 Å². The number of ether oxygens (including phenoxy) is 2. The fourth-order valence-corrected chi connectivity index (χ4v) is 2.73. The molecule has 0 bridgehead atoms. The number of likely N-dealkylation sites (tertiary alicyclic amines) is 1. The molecule has 1 unspecified atom stereocenters. The number of aliphatic carboxylic acids is 1. The van der Waals surface area contributed by atoms with E-state index in [1.54, 1.807) is 7.11 Å². The van der Waals surface area contributed by atoms with E-state index in [2.05, 4.69) is 4.90 Å². The number of carboxylic acids is 1. The molecule has 21 heavy (non-hydrogen) atoms. The molecule has 1 N–H and O–H groups in total. The molecule has 0 aromatic heterocycles. The second-order valence-corrected chi connectivity index (χ2v) is 5.43. The maximum atomic E-state index is 10.8. The van der Waals surface area contributed by atoms with Crippen LogP contribution < -0.4 is 9.47 Å². The van der Waals surface area contributed by atoms with Gasteiger partial charge in [0.1, 0.15) is 18.1 Å². The molecular formula is C16H23NO4. The Morgan fingerprint density at radius 2 is 2.05 bits per heavy atom. The van der Waals surface area contributed by atoms with Crippen molar-refractivity contribution < 1.29 is 19.4 Å². The fraction of sp³-hybridized carbons (Fsp3) is 0.562. The van der Waals surface area contributed by atoms with Gasteiger partial charge in [-0.3, -0.25) is 9.69 Å². The van der Waals surface area contributed by atoms with Crippen LogP contribution in [-0.4, -0.2) is 49.3 Å². The molecule has 5 heteroatoms. The standard InChI is InChI=1S/C16H23NO4/c1-20-14-4-6-15(7-5-14)21-10-9-17-8-2-3-13(12-17)11-16(18)19/h4-7,13H,2-3,8-12H2,1H3,(H,18,19). The van der Waals surface area contributed by atoms with Crippen molar-refractivity contribution in [3.63, 3.8) is 0 Å². The summed E-state index contributed by atoms with van der Waals surface area (Å²) in [5.74, 6) is 1.22. The average Bonchev–Trinajstić information content (AvgIpc) is 2.48. The van der Waals surface area contributed by atoms with Gasteiger partial charge in [-0.1, -0.05) is 0 Å². The molecule has 1 aromatic rings. The minimum absolute atomic E-state index is 0.274. The predicted molar refractivity (Wildman–Crippen MR) is 79.9 cm³/mol. The third-order valence-corrected chi connectivity index (χ3v) is 3.80. The van der Waals surface area contributed by atoms with E-state index in [0.717, 1.165) is 44.0 Å². The Morgan fingerprint density at radius 1 is 1.33 bits per heavy atom. The number of carbonyl (C=O) groups is 1. The summed E-state index contributed by atoms with van der Waals surface area (Å²) in [5, 5.41) is 8.87. The lowest BCUT2D eigenvalue weighted by Gasteiger charge is -2.31. The molecular weight excluding hydrogens is 270 g/mol. The zero-order valence-corrected chi connectivity index (χ0v) is 12.5. The van der Waals surface area contributed by atoms with Gasteiger partial charge in [-0.05, 0) is 49.6 Å². The van der Waals surface area contributed by atoms with Crippen molar-refractivity contribution in [3.8, 4) is 11.5 Å². The summed E-state index contributed by atoms with van der Waals surface area (Å²) < 4.78 is 10.8. The van der Waals surface area contributed by atoms with Gasteiger partial charge in [0, 0.05) is 19.5 Å². The van der Waals surface area contributed by atoms with E-state index < -0.39 is 5.97 Å². The van der Waals surface area contributed by atoms with E-state index in [0.29, 0.717) is 6.61 Å². The van der Waals surface area contributed by atoms with E-state index in [-0.39, 0.29) is 12.3 Å². The summed E-state index contributed by atoms with van der Waals surface area (Å²) in [6.45, 7) is 3.34. The van der Waals surface area contributed by atoms with Gasteiger partial charge in [-0.15, -0.1) is 0 Å². The van der Waals surface area contributed by atoms with Crippen molar-refractivity contribution in [3.05, 3.63) is 24.3 Å². The highest BCUT2D eigenvalue weighted by Crippen LogP contribution is 2.20. The van der Waals surface area contributed by atoms with Crippen LogP contribution >= 0.6 is 0 Å². The molecule has 116 valence electrons. The summed E-state index contributed by atoms with van der Waals surface area (Å²) in [4.78, 5) is 13.1. The number of piperidine rings is 1.